The van der Waals surface area contributed by atoms with Crippen LogP contribution in [0, 0.1) is 16.0 Å². The summed E-state index contributed by atoms with van der Waals surface area (Å²) in [5.41, 5.74) is 0.289. The Bertz CT molecular complexity index is 478. The lowest BCUT2D eigenvalue weighted by Gasteiger charge is -2.32. The molecule has 1 aliphatic rings. The molecule has 6 nitrogen and oxygen atoms in total. The molecule has 19 heavy (non-hydrogen) atoms. The molecule has 0 aliphatic carbocycles. The molecule has 1 aromatic rings. The van der Waals surface area contributed by atoms with Crippen LogP contribution < -0.4 is 0 Å². The highest BCUT2D eigenvalue weighted by Gasteiger charge is 2.28. The van der Waals surface area contributed by atoms with Crippen molar-refractivity contribution in [1.82, 2.24) is 9.88 Å². The molecule has 2 rings (SSSR count). The molecule has 0 bridgehead atoms. The summed E-state index contributed by atoms with van der Waals surface area (Å²) in [5.74, 6) is 0.281. The monoisotopic (exact) mass is 329 g/mol. The van der Waals surface area contributed by atoms with Gasteiger partial charge in [-0.1, -0.05) is 22.9 Å². The number of H-pyrrole nitrogens is 1. The predicted molar refractivity (Wildman–Crippen MR) is 74.5 cm³/mol. The van der Waals surface area contributed by atoms with Gasteiger partial charge in [0.2, 0.25) is 0 Å². The normalized spacial score (nSPS) is 18.3. The molecule has 0 aromatic carbocycles. The zero-order valence-electron chi connectivity index (χ0n) is 10.6. The zero-order chi connectivity index (χ0) is 14.0. The number of hydrogen-bond donors (Lipinski definition) is 1. The van der Waals surface area contributed by atoms with Crippen LogP contribution in [0.15, 0.2) is 12.1 Å². The third-order valence-corrected chi connectivity index (χ3v) is 4.32. The van der Waals surface area contributed by atoms with Crippen molar-refractivity contribution in [3.05, 3.63) is 27.9 Å². The quantitative estimate of drug-likeness (QED) is 0.525. The number of carbonyl (C=O) groups excluding carboxylic acids is 1. The van der Waals surface area contributed by atoms with E-state index in [4.69, 9.17) is 0 Å². The Balaban J connectivity index is 1.99. The van der Waals surface area contributed by atoms with Gasteiger partial charge in [0.05, 0.1) is 0 Å². The van der Waals surface area contributed by atoms with E-state index in [-0.39, 0.29) is 17.4 Å². The molecule has 1 saturated heterocycles. The number of aromatic amines is 1. The van der Waals surface area contributed by atoms with Gasteiger partial charge < -0.3 is 15.0 Å². The average molecular weight is 330 g/mol. The number of likely N-dealkylation sites (tertiary alicyclic amines) is 1. The summed E-state index contributed by atoms with van der Waals surface area (Å²) in [5, 5.41) is 10.6. The van der Waals surface area contributed by atoms with E-state index in [0.717, 1.165) is 12.8 Å². The molecule has 1 atom stereocenters. The second kappa shape index (κ2) is 5.73. The number of nitro groups is 1. The number of halogens is 1. The van der Waals surface area contributed by atoms with Gasteiger partial charge in [0, 0.05) is 24.0 Å². The summed E-state index contributed by atoms with van der Waals surface area (Å²) in [4.78, 5) is 27.0. The Labute approximate surface area is 119 Å². The average Bonchev–Trinajstić information content (AvgIpc) is 2.87. The van der Waals surface area contributed by atoms with E-state index in [1.54, 1.807) is 4.90 Å². The molecular formula is C12H16BrN3O3. The van der Waals surface area contributed by atoms with Crippen LogP contribution in [0.1, 0.15) is 30.3 Å². The summed E-state index contributed by atoms with van der Waals surface area (Å²) < 4.78 is 0. The van der Waals surface area contributed by atoms with E-state index in [1.165, 1.54) is 12.1 Å². The highest BCUT2D eigenvalue weighted by atomic mass is 79.9. The molecule has 1 aromatic heterocycles. The van der Waals surface area contributed by atoms with Gasteiger partial charge >= 0.3 is 5.82 Å². The standard InChI is InChI=1S/C12H16BrN3O3/c1-8(13)9-4-6-15(7-5-9)12(17)10-2-3-11(14-10)16(18)19/h2-3,8-9,14H,4-7H2,1H3. The number of alkyl halides is 1. The number of nitrogens with zero attached hydrogens (tertiary/aromatic N) is 2. The van der Waals surface area contributed by atoms with Crippen LogP contribution in [-0.2, 0) is 0 Å². The minimum atomic E-state index is -0.532. The van der Waals surface area contributed by atoms with Crippen LogP contribution in [0.2, 0.25) is 0 Å². The zero-order valence-corrected chi connectivity index (χ0v) is 12.2. The van der Waals surface area contributed by atoms with Crippen LogP contribution >= 0.6 is 15.9 Å². The van der Waals surface area contributed by atoms with Crippen molar-refractivity contribution in [3.8, 4) is 0 Å². The van der Waals surface area contributed by atoms with Gasteiger partial charge in [0.15, 0.2) is 5.69 Å². The van der Waals surface area contributed by atoms with Crippen LogP contribution in [-0.4, -0.2) is 38.6 Å². The van der Waals surface area contributed by atoms with Crippen LogP contribution in [0.5, 0.6) is 0 Å². The number of rotatable bonds is 3. The summed E-state index contributed by atoms with van der Waals surface area (Å²) in [6, 6.07) is 2.79. The molecule has 0 radical (unpaired) electrons. The fraction of sp³-hybridized carbons (Fsp3) is 0.583. The highest BCUT2D eigenvalue weighted by Crippen LogP contribution is 2.25. The molecule has 1 unspecified atom stereocenters. The minimum Gasteiger partial charge on any atom is -0.358 e. The number of hydrogen-bond acceptors (Lipinski definition) is 3. The largest absolute Gasteiger partial charge is 0.358 e. The molecule has 1 fully saturated rings. The van der Waals surface area contributed by atoms with E-state index in [9.17, 15) is 14.9 Å². The lowest BCUT2D eigenvalue weighted by atomic mass is 9.94. The van der Waals surface area contributed by atoms with Crippen molar-refractivity contribution < 1.29 is 9.72 Å². The van der Waals surface area contributed by atoms with E-state index < -0.39 is 4.92 Å². The van der Waals surface area contributed by atoms with Crippen molar-refractivity contribution in [3.63, 3.8) is 0 Å². The first kappa shape index (κ1) is 14.0. The Hall–Kier alpha value is -1.37. The highest BCUT2D eigenvalue weighted by molar-refractivity contribution is 9.09. The van der Waals surface area contributed by atoms with E-state index in [0.29, 0.717) is 23.8 Å². The number of aromatic nitrogens is 1. The van der Waals surface area contributed by atoms with E-state index >= 15 is 0 Å². The van der Waals surface area contributed by atoms with Gasteiger partial charge in [-0.25, -0.2) is 4.98 Å². The van der Waals surface area contributed by atoms with Crippen molar-refractivity contribution in [2.24, 2.45) is 5.92 Å². The van der Waals surface area contributed by atoms with Crippen molar-refractivity contribution >= 4 is 27.7 Å². The molecule has 7 heteroatoms. The van der Waals surface area contributed by atoms with E-state index in [2.05, 4.69) is 27.8 Å². The van der Waals surface area contributed by atoms with Crippen LogP contribution in [0.4, 0.5) is 5.82 Å². The van der Waals surface area contributed by atoms with Gasteiger partial charge in [-0.3, -0.25) is 4.79 Å². The van der Waals surface area contributed by atoms with Gasteiger partial charge in [-0.15, -0.1) is 0 Å². The molecule has 2 heterocycles. The molecular weight excluding hydrogens is 314 g/mol. The Morgan fingerprint density at radius 1 is 1.53 bits per heavy atom. The first-order valence-electron chi connectivity index (χ1n) is 6.26. The predicted octanol–water partition coefficient (Wildman–Crippen LogP) is 2.56. The number of carbonyl (C=O) groups is 1. The van der Waals surface area contributed by atoms with Crippen LogP contribution in [0.3, 0.4) is 0 Å². The lowest BCUT2D eigenvalue weighted by Crippen LogP contribution is -2.40. The Kier molecular flexibility index (Phi) is 4.24. The molecule has 1 aliphatic heterocycles. The fourth-order valence-electron chi connectivity index (χ4n) is 2.35. The lowest BCUT2D eigenvalue weighted by molar-refractivity contribution is -0.389. The van der Waals surface area contributed by atoms with Gasteiger partial charge in [0.1, 0.15) is 0 Å². The number of piperidine rings is 1. The number of amides is 1. The topological polar surface area (TPSA) is 79.2 Å². The van der Waals surface area contributed by atoms with E-state index in [1.807, 2.05) is 0 Å². The summed E-state index contributed by atoms with van der Waals surface area (Å²) in [7, 11) is 0. The van der Waals surface area contributed by atoms with Gasteiger partial charge in [-0.05, 0) is 29.7 Å². The second-order valence-electron chi connectivity index (χ2n) is 4.82. The smallest absolute Gasteiger partial charge is 0.321 e. The minimum absolute atomic E-state index is 0.146. The third kappa shape index (κ3) is 3.15. The summed E-state index contributed by atoms with van der Waals surface area (Å²) in [6.45, 7) is 3.52. The molecule has 1 amide bonds. The van der Waals surface area contributed by atoms with Crippen molar-refractivity contribution in [1.29, 1.82) is 0 Å². The fourth-order valence-corrected chi connectivity index (χ4v) is 2.88. The first-order chi connectivity index (χ1) is 8.99. The van der Waals surface area contributed by atoms with Crippen LogP contribution in [0.25, 0.3) is 0 Å². The van der Waals surface area contributed by atoms with Gasteiger partial charge in [-0.2, -0.15) is 0 Å². The Morgan fingerprint density at radius 3 is 2.63 bits per heavy atom. The maximum atomic E-state index is 12.2. The van der Waals surface area contributed by atoms with Crippen molar-refractivity contribution in [2.75, 3.05) is 13.1 Å². The first-order valence-corrected chi connectivity index (χ1v) is 7.17. The maximum absolute atomic E-state index is 12.2. The SMILES string of the molecule is CC(Br)C1CCN(C(=O)c2ccc([N+](=O)[O-])[nH]2)CC1. The molecule has 1 N–H and O–H groups in total. The second-order valence-corrected chi connectivity index (χ2v) is 6.27. The Morgan fingerprint density at radius 2 is 2.16 bits per heavy atom. The summed E-state index contributed by atoms with van der Waals surface area (Å²) >= 11 is 3.57. The maximum Gasteiger partial charge on any atom is 0.321 e. The summed E-state index contributed by atoms with van der Waals surface area (Å²) in [6.07, 6.45) is 1.92. The molecule has 0 saturated carbocycles. The van der Waals surface area contributed by atoms with Gasteiger partial charge in [0.25, 0.3) is 5.91 Å². The molecule has 104 valence electrons. The third-order valence-electron chi connectivity index (χ3n) is 3.57. The molecule has 0 spiro atoms. The van der Waals surface area contributed by atoms with Crippen molar-refractivity contribution in [2.45, 2.75) is 24.6 Å². The number of nitrogens with one attached hydrogen (secondary N) is 1.